The third-order valence-electron chi connectivity index (χ3n) is 2.96. The molecule has 0 saturated carbocycles. The van der Waals surface area contributed by atoms with E-state index in [0.29, 0.717) is 23.7 Å². The van der Waals surface area contributed by atoms with Crippen LogP contribution in [0.5, 0.6) is 5.75 Å². The van der Waals surface area contributed by atoms with Gasteiger partial charge in [0.1, 0.15) is 11.6 Å². The Morgan fingerprint density at radius 3 is 2.19 bits per heavy atom. The van der Waals surface area contributed by atoms with Crippen LogP contribution in [0.3, 0.4) is 0 Å². The van der Waals surface area contributed by atoms with Gasteiger partial charge in [0, 0.05) is 0 Å². The van der Waals surface area contributed by atoms with Crippen molar-refractivity contribution in [1.82, 2.24) is 0 Å². The Morgan fingerprint density at radius 1 is 1.05 bits per heavy atom. The maximum absolute atomic E-state index is 13.5. The Labute approximate surface area is 118 Å². The van der Waals surface area contributed by atoms with E-state index < -0.39 is 17.6 Å². The fourth-order valence-electron chi connectivity index (χ4n) is 1.93. The standard InChI is InChI=1S/C15H10F4O2/c1-21-14-5-3-9(6-11(14)8-20)10-2-4-12(13(16)7-10)15(17,18)19/h2-8H,1H3. The van der Waals surface area contributed by atoms with E-state index in [-0.39, 0.29) is 11.1 Å². The molecule has 0 radical (unpaired) electrons. The highest BCUT2D eigenvalue weighted by Gasteiger charge is 2.33. The summed E-state index contributed by atoms with van der Waals surface area (Å²) < 4.78 is 56.0. The van der Waals surface area contributed by atoms with Crippen LogP contribution in [0.2, 0.25) is 0 Å². The molecule has 0 aliphatic heterocycles. The maximum atomic E-state index is 13.5. The smallest absolute Gasteiger partial charge is 0.419 e. The van der Waals surface area contributed by atoms with Gasteiger partial charge in [0.05, 0.1) is 18.2 Å². The summed E-state index contributed by atoms with van der Waals surface area (Å²) in [6.45, 7) is 0. The van der Waals surface area contributed by atoms with Gasteiger partial charge in [-0.25, -0.2) is 4.39 Å². The van der Waals surface area contributed by atoms with E-state index in [1.54, 1.807) is 0 Å². The van der Waals surface area contributed by atoms with Crippen molar-refractivity contribution < 1.29 is 27.1 Å². The molecule has 2 aromatic carbocycles. The summed E-state index contributed by atoms with van der Waals surface area (Å²) in [5.74, 6) is -1.02. The van der Waals surface area contributed by atoms with E-state index in [1.807, 2.05) is 0 Å². The molecule has 6 heteroatoms. The van der Waals surface area contributed by atoms with E-state index in [0.717, 1.165) is 12.1 Å². The summed E-state index contributed by atoms with van der Waals surface area (Å²) in [5, 5.41) is 0. The summed E-state index contributed by atoms with van der Waals surface area (Å²) >= 11 is 0. The molecule has 0 heterocycles. The molecule has 0 unspecified atom stereocenters. The topological polar surface area (TPSA) is 26.3 Å². The number of hydrogen-bond acceptors (Lipinski definition) is 2. The highest BCUT2D eigenvalue weighted by Crippen LogP contribution is 2.34. The Balaban J connectivity index is 2.48. The van der Waals surface area contributed by atoms with Crippen LogP contribution in [0.4, 0.5) is 17.6 Å². The van der Waals surface area contributed by atoms with Crippen LogP contribution in [0.15, 0.2) is 36.4 Å². The van der Waals surface area contributed by atoms with Crippen LogP contribution in [0, 0.1) is 5.82 Å². The summed E-state index contributed by atoms with van der Waals surface area (Å²) in [7, 11) is 1.39. The second-order valence-electron chi connectivity index (χ2n) is 4.27. The predicted octanol–water partition coefficient (Wildman–Crippen LogP) is 4.33. The molecule has 0 spiro atoms. The SMILES string of the molecule is COc1ccc(-c2ccc(C(F)(F)F)c(F)c2)cc1C=O. The second-order valence-corrected chi connectivity index (χ2v) is 4.27. The molecule has 0 N–H and O–H groups in total. The molecule has 0 aliphatic carbocycles. The first-order valence-corrected chi connectivity index (χ1v) is 5.87. The van der Waals surface area contributed by atoms with Crippen molar-refractivity contribution in [1.29, 1.82) is 0 Å². The summed E-state index contributed by atoms with van der Waals surface area (Å²) in [6, 6.07) is 7.08. The minimum atomic E-state index is -4.74. The van der Waals surface area contributed by atoms with Crippen molar-refractivity contribution in [3.63, 3.8) is 0 Å². The number of hydrogen-bond donors (Lipinski definition) is 0. The lowest BCUT2D eigenvalue weighted by Gasteiger charge is -2.10. The number of carbonyl (C=O) groups excluding carboxylic acids is 1. The molecule has 0 atom stereocenters. The van der Waals surface area contributed by atoms with Crippen molar-refractivity contribution in [2.45, 2.75) is 6.18 Å². The van der Waals surface area contributed by atoms with Crippen molar-refractivity contribution in [3.05, 3.63) is 53.3 Å². The van der Waals surface area contributed by atoms with Crippen LogP contribution in [0.25, 0.3) is 11.1 Å². The molecule has 0 saturated heterocycles. The molecule has 0 aliphatic rings. The zero-order valence-corrected chi connectivity index (χ0v) is 10.9. The number of ether oxygens (including phenoxy) is 1. The molecule has 21 heavy (non-hydrogen) atoms. The van der Waals surface area contributed by atoms with Crippen LogP contribution in [0.1, 0.15) is 15.9 Å². The van der Waals surface area contributed by atoms with Gasteiger partial charge in [0.25, 0.3) is 0 Å². The minimum Gasteiger partial charge on any atom is -0.496 e. The largest absolute Gasteiger partial charge is 0.496 e. The molecular formula is C15H10F4O2. The van der Waals surface area contributed by atoms with E-state index >= 15 is 0 Å². The lowest BCUT2D eigenvalue weighted by Crippen LogP contribution is -2.07. The van der Waals surface area contributed by atoms with E-state index in [9.17, 15) is 22.4 Å². The monoisotopic (exact) mass is 298 g/mol. The molecule has 2 aromatic rings. The fraction of sp³-hybridized carbons (Fsp3) is 0.133. The Bertz CT molecular complexity index is 678. The van der Waals surface area contributed by atoms with Gasteiger partial charge < -0.3 is 4.74 Å². The minimum absolute atomic E-state index is 0.232. The molecule has 0 bridgehead atoms. The number of alkyl halides is 3. The van der Waals surface area contributed by atoms with Gasteiger partial charge in [-0.05, 0) is 35.4 Å². The summed E-state index contributed by atoms with van der Waals surface area (Å²) in [4.78, 5) is 10.9. The van der Waals surface area contributed by atoms with Crippen LogP contribution < -0.4 is 4.74 Å². The normalized spacial score (nSPS) is 11.3. The fourth-order valence-corrected chi connectivity index (χ4v) is 1.93. The first-order chi connectivity index (χ1) is 9.86. The first-order valence-electron chi connectivity index (χ1n) is 5.87. The summed E-state index contributed by atoms with van der Waals surface area (Å²) in [5.41, 5.74) is -0.428. The highest BCUT2D eigenvalue weighted by atomic mass is 19.4. The van der Waals surface area contributed by atoms with Gasteiger partial charge in [-0.1, -0.05) is 12.1 Å². The van der Waals surface area contributed by atoms with Gasteiger partial charge in [-0.2, -0.15) is 13.2 Å². The average molecular weight is 298 g/mol. The number of benzene rings is 2. The number of methoxy groups -OCH3 is 1. The second kappa shape index (κ2) is 5.55. The number of carbonyl (C=O) groups is 1. The van der Waals surface area contributed by atoms with Crippen LogP contribution >= 0.6 is 0 Å². The molecule has 0 amide bonds. The number of halogens is 4. The van der Waals surface area contributed by atoms with Crippen molar-refractivity contribution in [2.24, 2.45) is 0 Å². The van der Waals surface area contributed by atoms with Gasteiger partial charge in [0.15, 0.2) is 6.29 Å². The Kier molecular flexibility index (Phi) is 3.97. The zero-order chi connectivity index (χ0) is 15.6. The predicted molar refractivity (Wildman–Crippen MR) is 68.8 cm³/mol. The summed E-state index contributed by atoms with van der Waals surface area (Å²) in [6.07, 6.45) is -4.18. The molecular weight excluding hydrogens is 288 g/mol. The third kappa shape index (κ3) is 3.04. The molecule has 0 aromatic heterocycles. The van der Waals surface area contributed by atoms with Gasteiger partial charge in [-0.3, -0.25) is 4.79 Å². The zero-order valence-electron chi connectivity index (χ0n) is 10.9. The Morgan fingerprint density at radius 2 is 1.67 bits per heavy atom. The third-order valence-corrected chi connectivity index (χ3v) is 2.96. The van der Waals surface area contributed by atoms with E-state index in [2.05, 4.69) is 0 Å². The molecule has 2 rings (SSSR count). The molecule has 0 fully saturated rings. The van der Waals surface area contributed by atoms with Crippen molar-refractivity contribution in [2.75, 3.05) is 7.11 Å². The average Bonchev–Trinajstić information content (AvgIpc) is 2.45. The highest BCUT2D eigenvalue weighted by molar-refractivity contribution is 5.83. The number of rotatable bonds is 3. The van der Waals surface area contributed by atoms with Crippen molar-refractivity contribution >= 4 is 6.29 Å². The first kappa shape index (κ1) is 15.0. The van der Waals surface area contributed by atoms with Crippen LogP contribution in [-0.4, -0.2) is 13.4 Å². The van der Waals surface area contributed by atoms with E-state index in [4.69, 9.17) is 4.74 Å². The number of aldehydes is 1. The lowest BCUT2D eigenvalue weighted by atomic mass is 10.0. The van der Waals surface area contributed by atoms with Crippen molar-refractivity contribution in [3.8, 4) is 16.9 Å². The van der Waals surface area contributed by atoms with Gasteiger partial charge in [-0.15, -0.1) is 0 Å². The maximum Gasteiger partial charge on any atom is 0.419 e. The quantitative estimate of drug-likeness (QED) is 0.622. The van der Waals surface area contributed by atoms with Gasteiger partial charge >= 0.3 is 6.18 Å². The molecule has 2 nitrogen and oxygen atoms in total. The Hall–Kier alpha value is -2.37. The van der Waals surface area contributed by atoms with Gasteiger partial charge in [0.2, 0.25) is 0 Å². The van der Waals surface area contributed by atoms with Crippen LogP contribution in [-0.2, 0) is 6.18 Å². The lowest BCUT2D eigenvalue weighted by molar-refractivity contribution is -0.139. The molecule has 110 valence electrons. The van der Waals surface area contributed by atoms with E-state index in [1.165, 1.54) is 25.3 Å².